The highest BCUT2D eigenvalue weighted by Crippen LogP contribution is 2.35. The maximum atomic E-state index is 5.40. The van der Waals surface area contributed by atoms with Crippen LogP contribution in [-0.4, -0.2) is 66.0 Å². The highest BCUT2D eigenvalue weighted by atomic mass is 16.5. The minimum Gasteiger partial charge on any atom is -0.497 e. The third-order valence-electron chi connectivity index (χ3n) is 7.58. The van der Waals surface area contributed by atoms with Crippen molar-refractivity contribution in [3.8, 4) is 11.4 Å². The van der Waals surface area contributed by atoms with Crippen molar-refractivity contribution in [3.63, 3.8) is 0 Å². The van der Waals surface area contributed by atoms with E-state index in [-0.39, 0.29) is 0 Å². The van der Waals surface area contributed by atoms with Gasteiger partial charge in [-0.25, -0.2) is 4.68 Å². The van der Waals surface area contributed by atoms with Gasteiger partial charge in [-0.3, -0.25) is 4.90 Å². The summed E-state index contributed by atoms with van der Waals surface area (Å²) in [6.45, 7) is 12.7. The molecule has 0 amide bonds. The number of rotatable bonds is 8. The van der Waals surface area contributed by atoms with Crippen LogP contribution in [0.1, 0.15) is 40.8 Å². The Kier molecular flexibility index (Phi) is 6.85. The minimum atomic E-state index is 0.666. The summed E-state index contributed by atoms with van der Waals surface area (Å²) in [5.41, 5.74) is 7.73. The molecule has 186 valence electrons. The van der Waals surface area contributed by atoms with Crippen LogP contribution in [0, 0.1) is 20.8 Å². The van der Waals surface area contributed by atoms with Crippen LogP contribution in [-0.2, 0) is 13.1 Å². The summed E-state index contributed by atoms with van der Waals surface area (Å²) in [6, 6.07) is 15.8. The second kappa shape index (κ2) is 10.0. The number of hydrogen-bond acceptors (Lipinski definition) is 5. The van der Waals surface area contributed by atoms with Gasteiger partial charge in [0.25, 0.3) is 0 Å². The van der Waals surface area contributed by atoms with Crippen LogP contribution < -0.4 is 9.64 Å². The lowest BCUT2D eigenvalue weighted by Crippen LogP contribution is -2.45. The van der Waals surface area contributed by atoms with Crippen molar-refractivity contribution >= 4 is 5.82 Å². The molecular weight excluding hydrogens is 434 g/mol. The van der Waals surface area contributed by atoms with Crippen LogP contribution >= 0.6 is 0 Å². The summed E-state index contributed by atoms with van der Waals surface area (Å²) in [5.74, 6) is 2.12. The molecule has 1 aliphatic carbocycles. The molecule has 5 rings (SSSR count). The first-order chi connectivity index (χ1) is 16.9. The van der Waals surface area contributed by atoms with Gasteiger partial charge in [0.15, 0.2) is 0 Å². The van der Waals surface area contributed by atoms with Gasteiger partial charge in [-0.05, 0) is 76.1 Å². The van der Waals surface area contributed by atoms with Gasteiger partial charge in [0.05, 0.1) is 18.5 Å². The van der Waals surface area contributed by atoms with Gasteiger partial charge in [0, 0.05) is 50.9 Å². The molecule has 2 aromatic carbocycles. The maximum Gasteiger partial charge on any atom is 0.137 e. The summed E-state index contributed by atoms with van der Waals surface area (Å²) in [4.78, 5) is 7.64. The van der Waals surface area contributed by atoms with E-state index in [0.717, 1.165) is 56.4 Å². The molecule has 0 spiro atoms. The molecule has 0 N–H and O–H groups in total. The average molecular weight is 474 g/mol. The first-order valence-corrected chi connectivity index (χ1v) is 12.9. The molecule has 1 saturated heterocycles. The van der Waals surface area contributed by atoms with E-state index in [9.17, 15) is 0 Å². The van der Waals surface area contributed by atoms with Gasteiger partial charge < -0.3 is 14.5 Å². The van der Waals surface area contributed by atoms with Crippen LogP contribution in [0.4, 0.5) is 5.82 Å². The molecule has 2 fully saturated rings. The van der Waals surface area contributed by atoms with Crippen molar-refractivity contribution in [2.24, 2.45) is 0 Å². The van der Waals surface area contributed by atoms with E-state index in [2.05, 4.69) is 77.5 Å². The molecule has 35 heavy (non-hydrogen) atoms. The maximum absolute atomic E-state index is 5.40. The van der Waals surface area contributed by atoms with E-state index in [1.54, 1.807) is 7.11 Å². The molecule has 1 aromatic heterocycles. The Morgan fingerprint density at radius 3 is 2.31 bits per heavy atom. The standard InChI is InChI=1S/C29H39N5O/c1-21-6-7-22(2)24(18-21)19-33(25-8-9-25)20-28-23(3)30-34(26-10-12-27(35-5)13-11-26)29(28)32-16-14-31(4)15-17-32/h6-7,10-13,18,25H,8-9,14-17,19-20H2,1-5H3. The lowest BCUT2D eigenvalue weighted by atomic mass is 10.0. The lowest BCUT2D eigenvalue weighted by Gasteiger charge is -2.35. The zero-order valence-corrected chi connectivity index (χ0v) is 21.9. The molecule has 0 unspecified atom stereocenters. The number of nitrogens with zero attached hydrogens (tertiary/aromatic N) is 5. The van der Waals surface area contributed by atoms with E-state index in [1.165, 1.54) is 40.9 Å². The third kappa shape index (κ3) is 5.24. The smallest absolute Gasteiger partial charge is 0.137 e. The molecule has 1 aliphatic heterocycles. The normalized spacial score (nSPS) is 16.8. The quantitative estimate of drug-likeness (QED) is 0.473. The number of benzene rings is 2. The molecular formula is C29H39N5O. The van der Waals surface area contributed by atoms with Crippen molar-refractivity contribution in [1.29, 1.82) is 0 Å². The number of aryl methyl sites for hydroxylation is 3. The molecule has 2 heterocycles. The van der Waals surface area contributed by atoms with Crippen molar-refractivity contribution in [2.75, 3.05) is 45.2 Å². The SMILES string of the molecule is COc1ccc(-n2nc(C)c(CN(Cc3cc(C)ccc3C)C3CC3)c2N2CCN(C)CC2)cc1. The van der Waals surface area contributed by atoms with Crippen molar-refractivity contribution < 1.29 is 4.74 Å². The number of methoxy groups -OCH3 is 1. The van der Waals surface area contributed by atoms with E-state index in [1.807, 2.05) is 12.1 Å². The van der Waals surface area contributed by atoms with E-state index in [0.29, 0.717) is 6.04 Å². The Balaban J connectivity index is 1.51. The molecule has 6 heteroatoms. The summed E-state index contributed by atoms with van der Waals surface area (Å²) in [6.07, 6.45) is 2.58. The zero-order valence-electron chi connectivity index (χ0n) is 21.9. The van der Waals surface area contributed by atoms with Crippen LogP contribution in [0.25, 0.3) is 5.69 Å². The van der Waals surface area contributed by atoms with Gasteiger partial charge in [0.1, 0.15) is 11.6 Å². The molecule has 6 nitrogen and oxygen atoms in total. The van der Waals surface area contributed by atoms with Crippen molar-refractivity contribution in [1.82, 2.24) is 19.6 Å². The van der Waals surface area contributed by atoms with Gasteiger partial charge in [-0.2, -0.15) is 5.10 Å². The van der Waals surface area contributed by atoms with Crippen LogP contribution in [0.2, 0.25) is 0 Å². The number of anilines is 1. The van der Waals surface area contributed by atoms with Gasteiger partial charge in [0.2, 0.25) is 0 Å². The highest BCUT2D eigenvalue weighted by Gasteiger charge is 2.32. The second-order valence-electron chi connectivity index (χ2n) is 10.4. The largest absolute Gasteiger partial charge is 0.497 e. The van der Waals surface area contributed by atoms with Crippen molar-refractivity contribution in [3.05, 3.63) is 70.4 Å². The first kappa shape index (κ1) is 23.9. The number of ether oxygens (including phenoxy) is 1. The fourth-order valence-electron chi connectivity index (χ4n) is 5.13. The Morgan fingerprint density at radius 2 is 1.66 bits per heavy atom. The fraction of sp³-hybridized carbons (Fsp3) is 0.483. The summed E-state index contributed by atoms with van der Waals surface area (Å²) in [5, 5.41) is 5.10. The molecule has 0 radical (unpaired) electrons. The first-order valence-electron chi connectivity index (χ1n) is 12.9. The Bertz CT molecular complexity index is 1160. The van der Waals surface area contributed by atoms with Crippen LogP contribution in [0.3, 0.4) is 0 Å². The average Bonchev–Trinajstić information content (AvgIpc) is 3.66. The van der Waals surface area contributed by atoms with Gasteiger partial charge in [-0.15, -0.1) is 0 Å². The Hall–Kier alpha value is -2.83. The predicted octanol–water partition coefficient (Wildman–Crippen LogP) is 4.72. The fourth-order valence-corrected chi connectivity index (χ4v) is 5.13. The third-order valence-corrected chi connectivity index (χ3v) is 7.58. The number of piperazine rings is 1. The predicted molar refractivity (Wildman–Crippen MR) is 143 cm³/mol. The summed E-state index contributed by atoms with van der Waals surface area (Å²) in [7, 11) is 3.92. The summed E-state index contributed by atoms with van der Waals surface area (Å²) < 4.78 is 7.57. The van der Waals surface area contributed by atoms with Gasteiger partial charge in [-0.1, -0.05) is 23.8 Å². The number of hydrogen-bond donors (Lipinski definition) is 0. The topological polar surface area (TPSA) is 36.8 Å². The zero-order chi connectivity index (χ0) is 24.5. The Labute approximate surface area is 210 Å². The molecule has 2 aliphatic rings. The van der Waals surface area contributed by atoms with Crippen LogP contribution in [0.5, 0.6) is 5.75 Å². The van der Waals surface area contributed by atoms with E-state index < -0.39 is 0 Å². The van der Waals surface area contributed by atoms with E-state index >= 15 is 0 Å². The van der Waals surface area contributed by atoms with Crippen LogP contribution in [0.15, 0.2) is 42.5 Å². The number of likely N-dealkylation sites (N-methyl/N-ethyl adjacent to an activating group) is 1. The van der Waals surface area contributed by atoms with Gasteiger partial charge >= 0.3 is 0 Å². The Morgan fingerprint density at radius 1 is 0.943 bits per heavy atom. The van der Waals surface area contributed by atoms with Crippen molar-refractivity contribution in [2.45, 2.75) is 52.7 Å². The number of aromatic nitrogens is 2. The molecule has 1 saturated carbocycles. The second-order valence-corrected chi connectivity index (χ2v) is 10.4. The minimum absolute atomic E-state index is 0.666. The van der Waals surface area contributed by atoms with E-state index in [4.69, 9.17) is 9.84 Å². The molecule has 3 aromatic rings. The molecule has 0 atom stereocenters. The molecule has 0 bridgehead atoms. The highest BCUT2D eigenvalue weighted by molar-refractivity contribution is 5.56. The monoisotopic (exact) mass is 473 g/mol. The lowest BCUT2D eigenvalue weighted by molar-refractivity contribution is 0.244. The summed E-state index contributed by atoms with van der Waals surface area (Å²) >= 11 is 0.